The molecule has 3 saturated carbocycles. The van der Waals surface area contributed by atoms with Gasteiger partial charge < -0.3 is 10.4 Å². The summed E-state index contributed by atoms with van der Waals surface area (Å²) < 4.78 is 0. The fourth-order valence-corrected chi connectivity index (χ4v) is 5.09. The van der Waals surface area contributed by atoms with Gasteiger partial charge in [0, 0.05) is 16.7 Å². The summed E-state index contributed by atoms with van der Waals surface area (Å²) in [6.07, 6.45) is 10.5. The minimum Gasteiger partial charge on any atom is -0.475 e. The van der Waals surface area contributed by atoms with E-state index < -0.39 is 24.0 Å². The van der Waals surface area contributed by atoms with E-state index in [0.717, 1.165) is 38.5 Å². The zero-order valence-electron chi connectivity index (χ0n) is 17.7. The Bertz CT molecular complexity index is 819. The van der Waals surface area contributed by atoms with Crippen LogP contribution in [0.1, 0.15) is 87.9 Å². The molecule has 0 aromatic heterocycles. The Labute approximate surface area is 177 Å². The number of hydrogen-bond donors (Lipinski definition) is 2. The number of fused-ring (bicyclic) bond motifs is 3. The first kappa shape index (κ1) is 22.2. The Kier molecular flexibility index (Phi) is 6.74. The SMILES string of the molecule is CCCCCC12CCC(C(=O)Nc3cccc(C(=O)CC(=O)C(=O)O)c3)(CC1)CC2. The van der Waals surface area contributed by atoms with E-state index in [9.17, 15) is 19.2 Å². The van der Waals surface area contributed by atoms with E-state index in [1.807, 2.05) is 0 Å². The molecule has 1 aromatic carbocycles. The Morgan fingerprint density at radius 2 is 1.67 bits per heavy atom. The molecule has 2 N–H and O–H groups in total. The van der Waals surface area contributed by atoms with Crippen LogP contribution in [-0.2, 0) is 14.4 Å². The zero-order chi connectivity index (χ0) is 21.8. The van der Waals surface area contributed by atoms with Gasteiger partial charge in [-0.05, 0) is 62.5 Å². The van der Waals surface area contributed by atoms with Crippen LogP contribution in [0.25, 0.3) is 0 Å². The first-order valence-corrected chi connectivity index (χ1v) is 11.0. The van der Waals surface area contributed by atoms with E-state index in [4.69, 9.17) is 5.11 Å². The van der Waals surface area contributed by atoms with Gasteiger partial charge in [0.2, 0.25) is 11.7 Å². The summed E-state index contributed by atoms with van der Waals surface area (Å²) in [6, 6.07) is 6.39. The molecular weight excluding hydrogens is 382 g/mol. The Balaban J connectivity index is 1.61. The van der Waals surface area contributed by atoms with Crippen LogP contribution in [0.15, 0.2) is 24.3 Å². The number of benzene rings is 1. The number of carbonyl (C=O) groups is 4. The summed E-state index contributed by atoms with van der Waals surface area (Å²) in [5.74, 6) is -3.31. The highest BCUT2D eigenvalue weighted by Crippen LogP contribution is 2.59. The third-order valence-electron chi connectivity index (χ3n) is 7.20. The van der Waals surface area contributed by atoms with Gasteiger partial charge >= 0.3 is 5.97 Å². The van der Waals surface area contributed by atoms with Gasteiger partial charge in [-0.1, -0.05) is 38.3 Å². The third kappa shape index (κ3) is 4.79. The lowest BCUT2D eigenvalue weighted by molar-refractivity contribution is -0.148. The van der Waals surface area contributed by atoms with Crippen molar-refractivity contribution >= 4 is 29.1 Å². The number of anilines is 1. The molecule has 4 rings (SSSR count). The molecule has 3 aliphatic carbocycles. The molecule has 0 unspecified atom stereocenters. The molecule has 1 amide bonds. The lowest BCUT2D eigenvalue weighted by Gasteiger charge is -2.52. The fraction of sp³-hybridized carbons (Fsp3) is 0.583. The number of rotatable bonds is 10. The van der Waals surface area contributed by atoms with E-state index in [0.29, 0.717) is 11.1 Å². The summed E-state index contributed by atoms with van der Waals surface area (Å²) in [5.41, 5.74) is 0.835. The molecule has 0 radical (unpaired) electrons. The predicted octanol–water partition coefficient (Wildman–Crippen LogP) is 4.77. The maximum Gasteiger partial charge on any atom is 0.372 e. The number of ketones is 2. The molecule has 162 valence electrons. The maximum atomic E-state index is 13.1. The van der Waals surface area contributed by atoms with Crippen molar-refractivity contribution in [3.63, 3.8) is 0 Å². The largest absolute Gasteiger partial charge is 0.475 e. The van der Waals surface area contributed by atoms with Crippen molar-refractivity contribution in [1.82, 2.24) is 0 Å². The molecule has 0 spiro atoms. The standard InChI is InChI=1S/C24H31NO5/c1-2-3-4-8-23-9-12-24(13-10-23,14-11-23)22(30)25-18-7-5-6-17(15-18)19(26)16-20(27)21(28)29/h5-7,15H,2-4,8-14,16H2,1H3,(H,25,30)(H,28,29). The van der Waals surface area contributed by atoms with Crippen molar-refractivity contribution in [2.75, 3.05) is 5.32 Å². The van der Waals surface area contributed by atoms with Gasteiger partial charge in [-0.15, -0.1) is 0 Å². The summed E-state index contributed by atoms with van der Waals surface area (Å²) in [4.78, 5) is 47.3. The van der Waals surface area contributed by atoms with Crippen LogP contribution in [0.2, 0.25) is 0 Å². The summed E-state index contributed by atoms with van der Waals surface area (Å²) >= 11 is 0. The average Bonchev–Trinajstić information content (AvgIpc) is 2.75. The van der Waals surface area contributed by atoms with Gasteiger partial charge in [-0.25, -0.2) is 4.79 Å². The van der Waals surface area contributed by atoms with Crippen LogP contribution in [0, 0.1) is 10.8 Å². The highest BCUT2D eigenvalue weighted by atomic mass is 16.4. The predicted molar refractivity (Wildman–Crippen MR) is 113 cm³/mol. The quantitative estimate of drug-likeness (QED) is 0.249. The number of Topliss-reactive ketones (excluding diaryl/α,β-unsaturated/α-hetero) is 2. The van der Waals surface area contributed by atoms with Crippen LogP contribution < -0.4 is 5.32 Å². The van der Waals surface area contributed by atoms with E-state index in [-0.39, 0.29) is 16.9 Å². The van der Waals surface area contributed by atoms with Crippen molar-refractivity contribution in [2.45, 2.75) is 77.6 Å². The van der Waals surface area contributed by atoms with Crippen molar-refractivity contribution in [2.24, 2.45) is 10.8 Å². The number of nitrogens with one attached hydrogen (secondary N) is 1. The van der Waals surface area contributed by atoms with Gasteiger partial charge in [0.15, 0.2) is 5.78 Å². The van der Waals surface area contributed by atoms with Gasteiger partial charge in [0.25, 0.3) is 0 Å². The second kappa shape index (κ2) is 9.11. The lowest BCUT2D eigenvalue weighted by atomic mass is 9.52. The molecule has 1 aromatic rings. The first-order chi connectivity index (χ1) is 14.3. The fourth-order valence-electron chi connectivity index (χ4n) is 5.09. The van der Waals surface area contributed by atoms with Crippen molar-refractivity contribution in [3.8, 4) is 0 Å². The zero-order valence-corrected chi connectivity index (χ0v) is 17.7. The topological polar surface area (TPSA) is 101 Å². The van der Waals surface area contributed by atoms with Gasteiger partial charge in [-0.2, -0.15) is 0 Å². The molecule has 3 fully saturated rings. The second-order valence-electron chi connectivity index (χ2n) is 9.10. The van der Waals surface area contributed by atoms with E-state index in [1.54, 1.807) is 12.1 Å². The molecule has 0 aliphatic heterocycles. The van der Waals surface area contributed by atoms with Crippen LogP contribution in [-0.4, -0.2) is 28.5 Å². The number of hydrogen-bond acceptors (Lipinski definition) is 4. The minimum absolute atomic E-state index is 0.00979. The molecule has 6 heteroatoms. The molecule has 6 nitrogen and oxygen atoms in total. The highest BCUT2D eigenvalue weighted by molar-refractivity contribution is 6.37. The van der Waals surface area contributed by atoms with Crippen molar-refractivity contribution in [1.29, 1.82) is 0 Å². The van der Waals surface area contributed by atoms with E-state index in [2.05, 4.69) is 12.2 Å². The highest BCUT2D eigenvalue weighted by Gasteiger charge is 2.51. The first-order valence-electron chi connectivity index (χ1n) is 11.0. The third-order valence-corrected chi connectivity index (χ3v) is 7.20. The van der Waals surface area contributed by atoms with Crippen molar-refractivity contribution in [3.05, 3.63) is 29.8 Å². The monoisotopic (exact) mass is 413 g/mol. The molecule has 0 atom stereocenters. The van der Waals surface area contributed by atoms with E-state index >= 15 is 0 Å². The molecular formula is C24H31NO5. The number of aliphatic carboxylic acids is 1. The number of amides is 1. The summed E-state index contributed by atoms with van der Waals surface area (Å²) in [7, 11) is 0. The number of unbranched alkanes of at least 4 members (excludes halogenated alkanes) is 2. The number of carbonyl (C=O) groups excluding carboxylic acids is 3. The Hall–Kier alpha value is -2.50. The van der Waals surface area contributed by atoms with Crippen LogP contribution >= 0.6 is 0 Å². The van der Waals surface area contributed by atoms with Crippen LogP contribution in [0.4, 0.5) is 5.69 Å². The normalized spacial score (nSPS) is 25.0. The molecule has 3 aliphatic rings. The smallest absolute Gasteiger partial charge is 0.372 e. The Morgan fingerprint density at radius 1 is 1.00 bits per heavy atom. The summed E-state index contributed by atoms with van der Waals surface area (Å²) in [6.45, 7) is 2.22. The average molecular weight is 414 g/mol. The summed E-state index contributed by atoms with van der Waals surface area (Å²) in [5, 5.41) is 11.6. The molecule has 0 saturated heterocycles. The van der Waals surface area contributed by atoms with Crippen LogP contribution in [0.3, 0.4) is 0 Å². The van der Waals surface area contributed by atoms with Crippen LogP contribution in [0.5, 0.6) is 0 Å². The van der Waals surface area contributed by atoms with Gasteiger partial charge in [-0.3, -0.25) is 14.4 Å². The number of carboxylic acids is 1. The number of carboxylic acid groups (broad SMARTS) is 1. The minimum atomic E-state index is -1.62. The van der Waals surface area contributed by atoms with Gasteiger partial charge in [0.05, 0.1) is 6.42 Å². The molecule has 0 heterocycles. The van der Waals surface area contributed by atoms with Crippen molar-refractivity contribution < 1.29 is 24.3 Å². The maximum absolute atomic E-state index is 13.1. The Morgan fingerprint density at radius 3 is 2.27 bits per heavy atom. The molecule has 30 heavy (non-hydrogen) atoms. The molecule has 2 bridgehead atoms. The lowest BCUT2D eigenvalue weighted by Crippen LogP contribution is -2.48. The van der Waals surface area contributed by atoms with E-state index in [1.165, 1.54) is 37.8 Å². The van der Waals surface area contributed by atoms with Gasteiger partial charge in [0.1, 0.15) is 0 Å². The second-order valence-corrected chi connectivity index (χ2v) is 9.10.